The lowest BCUT2D eigenvalue weighted by Gasteiger charge is -2.27. The van der Waals surface area contributed by atoms with Gasteiger partial charge in [-0.2, -0.15) is 13.2 Å². The Kier molecular flexibility index (Phi) is 6.44. The van der Waals surface area contributed by atoms with E-state index in [1.807, 2.05) is 0 Å². The number of piperazine rings is 1. The molecule has 0 radical (unpaired) electrons. The molecule has 4 rings (SSSR count). The predicted molar refractivity (Wildman–Crippen MR) is 115 cm³/mol. The standard InChI is InChI=1S/C20H21F3N6OS/c21-20(22,23)13-9-15(11-16(30)10-13)27-19-25-3-1-17(28-19)18-26-14(2-8-31-18)12-29-6-4-24-5-7-29/h1-3,9-11,24,30H,4-8,12H2,(H,25,27,28). The molecule has 3 N–H and O–H groups in total. The number of nitrogens with zero attached hydrogens (tertiary/aromatic N) is 4. The summed E-state index contributed by atoms with van der Waals surface area (Å²) in [5.41, 5.74) is 0.652. The second kappa shape index (κ2) is 9.25. The zero-order chi connectivity index (χ0) is 21.8. The van der Waals surface area contributed by atoms with E-state index in [1.165, 1.54) is 12.3 Å². The van der Waals surface area contributed by atoms with E-state index in [0.29, 0.717) is 11.8 Å². The molecule has 0 unspecified atom stereocenters. The Balaban J connectivity index is 1.51. The van der Waals surface area contributed by atoms with Gasteiger partial charge in [-0.05, 0) is 18.2 Å². The van der Waals surface area contributed by atoms with Crippen molar-refractivity contribution < 1.29 is 18.3 Å². The molecule has 0 spiro atoms. The maximum atomic E-state index is 13.0. The molecule has 0 bridgehead atoms. The third-order valence-corrected chi connectivity index (χ3v) is 5.66. The number of anilines is 2. The molecule has 3 heterocycles. The molecule has 0 saturated carbocycles. The van der Waals surface area contributed by atoms with Gasteiger partial charge in [0.05, 0.1) is 11.3 Å². The van der Waals surface area contributed by atoms with Crippen molar-refractivity contribution in [3.8, 4) is 5.75 Å². The van der Waals surface area contributed by atoms with E-state index in [1.54, 1.807) is 17.8 Å². The Morgan fingerprint density at radius 2 is 2.00 bits per heavy atom. The fourth-order valence-corrected chi connectivity index (χ4v) is 4.15. The van der Waals surface area contributed by atoms with Crippen LogP contribution < -0.4 is 10.6 Å². The van der Waals surface area contributed by atoms with Gasteiger partial charge in [0.15, 0.2) is 0 Å². The van der Waals surface area contributed by atoms with Gasteiger partial charge in [-0.25, -0.2) is 15.0 Å². The summed E-state index contributed by atoms with van der Waals surface area (Å²) in [4.78, 5) is 15.6. The molecule has 31 heavy (non-hydrogen) atoms. The molecule has 0 atom stereocenters. The van der Waals surface area contributed by atoms with Crippen LogP contribution in [-0.2, 0) is 6.18 Å². The molecule has 0 aliphatic carbocycles. The van der Waals surface area contributed by atoms with Gasteiger partial charge in [-0.15, -0.1) is 11.8 Å². The number of alkyl halides is 3. The number of aromatic hydroxyl groups is 1. The van der Waals surface area contributed by atoms with E-state index in [-0.39, 0.29) is 11.6 Å². The Morgan fingerprint density at radius 1 is 1.19 bits per heavy atom. The minimum Gasteiger partial charge on any atom is -0.508 e. The van der Waals surface area contributed by atoms with Gasteiger partial charge < -0.3 is 15.7 Å². The summed E-state index contributed by atoms with van der Waals surface area (Å²) >= 11 is 1.54. The molecule has 2 aromatic rings. The van der Waals surface area contributed by atoms with Crippen molar-refractivity contribution in [1.29, 1.82) is 0 Å². The third kappa shape index (κ3) is 5.75. The van der Waals surface area contributed by atoms with Gasteiger partial charge in [0.25, 0.3) is 0 Å². The Hall–Kier alpha value is -2.63. The van der Waals surface area contributed by atoms with Crippen LogP contribution in [0.2, 0.25) is 0 Å². The number of aromatic nitrogens is 2. The van der Waals surface area contributed by atoms with Crippen LogP contribution in [0.4, 0.5) is 24.8 Å². The number of nitrogens with one attached hydrogen (secondary N) is 2. The van der Waals surface area contributed by atoms with Gasteiger partial charge in [0.1, 0.15) is 16.5 Å². The van der Waals surface area contributed by atoms with Crippen molar-refractivity contribution in [3.05, 3.63) is 53.5 Å². The van der Waals surface area contributed by atoms with Crippen LogP contribution in [0, 0.1) is 0 Å². The molecular formula is C20H21F3N6OS. The van der Waals surface area contributed by atoms with Gasteiger partial charge in [-0.3, -0.25) is 4.90 Å². The number of thioether (sulfide) groups is 1. The molecule has 1 fully saturated rings. The minimum absolute atomic E-state index is 0.0435. The van der Waals surface area contributed by atoms with Crippen molar-refractivity contribution in [2.45, 2.75) is 6.18 Å². The highest BCUT2D eigenvalue weighted by molar-refractivity contribution is 8.14. The van der Waals surface area contributed by atoms with Crippen molar-refractivity contribution in [2.24, 2.45) is 4.99 Å². The maximum absolute atomic E-state index is 13.0. The SMILES string of the molecule is Oc1cc(Nc2nccc(C3=NC(CN4CCNCC4)=CCS3)n2)cc(C(F)(F)F)c1. The lowest BCUT2D eigenvalue weighted by atomic mass is 10.2. The van der Waals surface area contributed by atoms with E-state index in [2.05, 4.69) is 31.6 Å². The molecule has 164 valence electrons. The zero-order valence-electron chi connectivity index (χ0n) is 16.5. The summed E-state index contributed by atoms with van der Waals surface area (Å²) < 4.78 is 39.0. The molecule has 1 saturated heterocycles. The second-order valence-corrected chi connectivity index (χ2v) is 8.12. The number of hydrogen-bond donors (Lipinski definition) is 3. The molecule has 7 nitrogen and oxygen atoms in total. The van der Waals surface area contributed by atoms with Crippen LogP contribution >= 0.6 is 11.8 Å². The Morgan fingerprint density at radius 3 is 2.77 bits per heavy atom. The first kappa shape index (κ1) is 21.6. The zero-order valence-corrected chi connectivity index (χ0v) is 17.3. The van der Waals surface area contributed by atoms with E-state index >= 15 is 0 Å². The fourth-order valence-electron chi connectivity index (χ4n) is 3.27. The molecule has 1 aromatic carbocycles. The third-order valence-electron chi connectivity index (χ3n) is 4.76. The van der Waals surface area contributed by atoms with Crippen LogP contribution in [0.15, 0.2) is 47.2 Å². The van der Waals surface area contributed by atoms with E-state index in [0.717, 1.165) is 55.3 Å². The highest BCUT2D eigenvalue weighted by Crippen LogP contribution is 2.34. The normalized spacial score (nSPS) is 17.8. The Labute approximate surface area is 181 Å². The van der Waals surface area contributed by atoms with Crippen molar-refractivity contribution in [2.75, 3.05) is 43.8 Å². The Bertz CT molecular complexity index is 1000. The quantitative estimate of drug-likeness (QED) is 0.645. The number of hydrogen-bond acceptors (Lipinski definition) is 8. The van der Waals surface area contributed by atoms with Crippen molar-refractivity contribution in [3.63, 3.8) is 0 Å². The number of halogens is 3. The summed E-state index contributed by atoms with van der Waals surface area (Å²) in [5.74, 6) is 0.398. The molecule has 2 aliphatic heterocycles. The van der Waals surface area contributed by atoms with E-state index < -0.39 is 17.5 Å². The average molecular weight is 450 g/mol. The monoisotopic (exact) mass is 450 g/mol. The first-order valence-electron chi connectivity index (χ1n) is 9.72. The topological polar surface area (TPSA) is 85.7 Å². The van der Waals surface area contributed by atoms with E-state index in [9.17, 15) is 18.3 Å². The summed E-state index contributed by atoms with van der Waals surface area (Å²) in [6.07, 6.45) is -0.948. The summed E-state index contributed by atoms with van der Waals surface area (Å²) in [7, 11) is 0. The molecule has 2 aliphatic rings. The van der Waals surface area contributed by atoms with Crippen molar-refractivity contribution in [1.82, 2.24) is 20.2 Å². The lowest BCUT2D eigenvalue weighted by molar-refractivity contribution is -0.137. The minimum atomic E-state index is -4.57. The number of benzene rings is 1. The maximum Gasteiger partial charge on any atom is 0.416 e. The van der Waals surface area contributed by atoms with Crippen LogP contribution in [-0.4, -0.2) is 63.5 Å². The molecular weight excluding hydrogens is 429 g/mol. The van der Waals surface area contributed by atoms with Gasteiger partial charge in [0.2, 0.25) is 5.95 Å². The number of aliphatic imine (C=N–C) groups is 1. The predicted octanol–water partition coefficient (Wildman–Crippen LogP) is 3.23. The number of rotatable bonds is 5. The first-order chi connectivity index (χ1) is 14.9. The van der Waals surface area contributed by atoms with Crippen LogP contribution in [0.3, 0.4) is 0 Å². The highest BCUT2D eigenvalue weighted by Gasteiger charge is 2.31. The second-order valence-electron chi connectivity index (χ2n) is 7.11. The fraction of sp³-hybridized carbons (Fsp3) is 0.350. The number of phenols is 1. The van der Waals surface area contributed by atoms with Gasteiger partial charge >= 0.3 is 6.18 Å². The summed E-state index contributed by atoms with van der Waals surface area (Å²) in [6.45, 7) is 4.64. The molecule has 0 amide bonds. The summed E-state index contributed by atoms with van der Waals surface area (Å²) in [5, 5.41) is 16.4. The van der Waals surface area contributed by atoms with Crippen LogP contribution in [0.25, 0.3) is 0 Å². The first-order valence-corrected chi connectivity index (χ1v) is 10.7. The highest BCUT2D eigenvalue weighted by atomic mass is 32.2. The van der Waals surface area contributed by atoms with Crippen LogP contribution in [0.5, 0.6) is 5.75 Å². The van der Waals surface area contributed by atoms with Gasteiger partial charge in [-0.1, -0.05) is 6.08 Å². The number of phenolic OH excluding ortho intramolecular Hbond substituents is 1. The average Bonchev–Trinajstić information content (AvgIpc) is 2.74. The molecule has 11 heteroatoms. The van der Waals surface area contributed by atoms with E-state index in [4.69, 9.17) is 4.99 Å². The molecule has 1 aromatic heterocycles. The summed E-state index contributed by atoms with van der Waals surface area (Å²) in [6, 6.07) is 4.47. The smallest absolute Gasteiger partial charge is 0.416 e. The largest absolute Gasteiger partial charge is 0.508 e. The van der Waals surface area contributed by atoms with Gasteiger partial charge in [0, 0.05) is 56.4 Å². The lowest BCUT2D eigenvalue weighted by Crippen LogP contribution is -2.44. The van der Waals surface area contributed by atoms with Crippen molar-refractivity contribution >= 4 is 28.4 Å². The van der Waals surface area contributed by atoms with Crippen LogP contribution in [0.1, 0.15) is 11.3 Å².